The maximum absolute atomic E-state index is 13.4. The maximum Gasteiger partial charge on any atom is 0.261 e. The van der Waals surface area contributed by atoms with Gasteiger partial charge in [-0.05, 0) is 86.0 Å². The third-order valence-corrected chi connectivity index (χ3v) is 6.51. The molecule has 0 radical (unpaired) electrons. The molecule has 0 aliphatic heterocycles. The average molecular weight is 468 g/mol. The minimum atomic E-state index is -3.91. The highest BCUT2D eigenvalue weighted by Gasteiger charge is 2.24. The van der Waals surface area contributed by atoms with E-state index in [0.29, 0.717) is 16.8 Å². The first-order valence-electron chi connectivity index (χ1n) is 10.3. The van der Waals surface area contributed by atoms with Crippen molar-refractivity contribution in [2.24, 2.45) is 0 Å². The Hall–Kier alpha value is -3.72. The van der Waals surface area contributed by atoms with Crippen molar-refractivity contribution in [1.82, 2.24) is 5.32 Å². The van der Waals surface area contributed by atoms with Crippen LogP contribution < -0.4 is 15.4 Å². The third kappa shape index (κ3) is 5.56. The first-order valence-corrected chi connectivity index (χ1v) is 11.8. The van der Waals surface area contributed by atoms with Gasteiger partial charge in [-0.1, -0.05) is 6.07 Å². The van der Waals surface area contributed by atoms with Gasteiger partial charge in [-0.15, -0.1) is 0 Å². The second-order valence-corrected chi connectivity index (χ2v) is 9.56. The second kappa shape index (κ2) is 9.03. The van der Waals surface area contributed by atoms with Crippen molar-refractivity contribution in [1.29, 1.82) is 0 Å². The molecule has 1 aliphatic rings. The van der Waals surface area contributed by atoms with E-state index in [4.69, 9.17) is 0 Å². The van der Waals surface area contributed by atoms with Crippen molar-refractivity contribution >= 4 is 33.2 Å². The Balaban J connectivity index is 1.42. The van der Waals surface area contributed by atoms with Crippen LogP contribution in [0.3, 0.4) is 0 Å². The number of benzene rings is 3. The van der Waals surface area contributed by atoms with Crippen LogP contribution in [0.15, 0.2) is 71.6 Å². The van der Waals surface area contributed by atoms with Crippen LogP contribution in [0.2, 0.25) is 0 Å². The normalized spacial score (nSPS) is 13.3. The van der Waals surface area contributed by atoms with Gasteiger partial charge in [-0.2, -0.15) is 0 Å². The molecule has 170 valence electrons. The van der Waals surface area contributed by atoms with Gasteiger partial charge >= 0.3 is 0 Å². The van der Waals surface area contributed by atoms with E-state index in [0.717, 1.165) is 18.9 Å². The first kappa shape index (κ1) is 22.5. The van der Waals surface area contributed by atoms with E-state index in [1.54, 1.807) is 24.3 Å². The summed E-state index contributed by atoms with van der Waals surface area (Å²) in [4.78, 5) is 24.7. The Morgan fingerprint density at radius 1 is 0.879 bits per heavy atom. The van der Waals surface area contributed by atoms with Crippen molar-refractivity contribution in [2.75, 3.05) is 10.0 Å². The Bertz CT molecular complexity index is 1320. The van der Waals surface area contributed by atoms with E-state index in [9.17, 15) is 22.4 Å². The fraction of sp³-hybridized carbons (Fsp3) is 0.167. The molecule has 2 amide bonds. The lowest BCUT2D eigenvalue weighted by atomic mass is 10.1. The van der Waals surface area contributed by atoms with E-state index in [1.807, 2.05) is 0 Å². The standard InChI is InChI=1S/C24H22FN3O4S/c1-15-13-21(11-12-22(15)25)33(31,32)28-19-7-5-16(6-8-19)23(29)27-20-4-2-3-17(14-20)24(30)26-18-9-10-18/h2-8,11-14,18,28H,9-10H2,1H3,(H,26,30)(H,27,29). The molecular weight excluding hydrogens is 445 g/mol. The van der Waals surface area contributed by atoms with E-state index < -0.39 is 21.7 Å². The summed E-state index contributed by atoms with van der Waals surface area (Å²) in [5, 5.41) is 5.63. The zero-order valence-electron chi connectivity index (χ0n) is 17.8. The van der Waals surface area contributed by atoms with Gasteiger partial charge in [0.15, 0.2) is 0 Å². The van der Waals surface area contributed by atoms with Gasteiger partial charge in [-0.3, -0.25) is 14.3 Å². The van der Waals surface area contributed by atoms with Crippen LogP contribution in [0.5, 0.6) is 0 Å². The number of hydrogen-bond acceptors (Lipinski definition) is 4. The van der Waals surface area contributed by atoms with E-state index in [-0.39, 0.29) is 28.1 Å². The number of hydrogen-bond donors (Lipinski definition) is 3. The second-order valence-electron chi connectivity index (χ2n) is 7.88. The Morgan fingerprint density at radius 3 is 2.27 bits per heavy atom. The van der Waals surface area contributed by atoms with Crippen LogP contribution in [0.4, 0.5) is 15.8 Å². The summed E-state index contributed by atoms with van der Waals surface area (Å²) in [6, 6.07) is 16.3. The molecule has 0 heterocycles. The first-order chi connectivity index (χ1) is 15.7. The lowest BCUT2D eigenvalue weighted by Crippen LogP contribution is -2.25. The van der Waals surface area contributed by atoms with Crippen LogP contribution in [0.25, 0.3) is 0 Å². The molecule has 1 fully saturated rings. The van der Waals surface area contributed by atoms with Gasteiger partial charge in [0.25, 0.3) is 21.8 Å². The topological polar surface area (TPSA) is 104 Å². The molecular formula is C24H22FN3O4S. The number of rotatable bonds is 7. The van der Waals surface area contributed by atoms with Crippen LogP contribution in [0.1, 0.15) is 39.1 Å². The number of anilines is 2. The lowest BCUT2D eigenvalue weighted by molar-refractivity contribution is 0.0949. The molecule has 3 aromatic carbocycles. The zero-order valence-corrected chi connectivity index (χ0v) is 18.6. The number of carbonyl (C=O) groups is 2. The quantitative estimate of drug-likeness (QED) is 0.487. The fourth-order valence-corrected chi connectivity index (χ4v) is 4.27. The molecule has 0 atom stereocenters. The largest absolute Gasteiger partial charge is 0.349 e. The molecule has 3 aromatic rings. The predicted octanol–water partition coefficient (Wildman–Crippen LogP) is 4.08. The van der Waals surface area contributed by atoms with Crippen molar-refractivity contribution in [3.05, 3.63) is 89.2 Å². The van der Waals surface area contributed by atoms with Gasteiger partial charge in [0.1, 0.15) is 5.82 Å². The number of amides is 2. The summed E-state index contributed by atoms with van der Waals surface area (Å²) in [5.41, 5.74) is 1.72. The van der Waals surface area contributed by atoms with Crippen LogP contribution in [-0.4, -0.2) is 26.3 Å². The van der Waals surface area contributed by atoms with Crippen LogP contribution >= 0.6 is 0 Å². The monoisotopic (exact) mass is 467 g/mol. The zero-order chi connectivity index (χ0) is 23.6. The number of aryl methyl sites for hydroxylation is 1. The van der Waals surface area contributed by atoms with Crippen LogP contribution in [0, 0.1) is 12.7 Å². The summed E-state index contributed by atoms with van der Waals surface area (Å²) < 4.78 is 40.9. The van der Waals surface area contributed by atoms with Crippen molar-refractivity contribution in [2.45, 2.75) is 30.7 Å². The molecule has 33 heavy (non-hydrogen) atoms. The molecule has 0 saturated heterocycles. The van der Waals surface area contributed by atoms with Gasteiger partial charge in [0.05, 0.1) is 4.90 Å². The molecule has 1 saturated carbocycles. The SMILES string of the molecule is Cc1cc(S(=O)(=O)Nc2ccc(C(=O)Nc3cccc(C(=O)NC4CC4)c3)cc2)ccc1F. The minimum absolute atomic E-state index is 0.0613. The van der Waals surface area contributed by atoms with Gasteiger partial charge < -0.3 is 10.6 Å². The number of sulfonamides is 1. The molecule has 0 spiro atoms. The van der Waals surface area contributed by atoms with Gasteiger partial charge in [-0.25, -0.2) is 12.8 Å². The predicted molar refractivity (Wildman–Crippen MR) is 123 cm³/mol. The Morgan fingerprint density at radius 2 is 1.61 bits per heavy atom. The van der Waals surface area contributed by atoms with Crippen LogP contribution in [-0.2, 0) is 10.0 Å². The highest BCUT2D eigenvalue weighted by atomic mass is 32.2. The lowest BCUT2D eigenvalue weighted by Gasteiger charge is -2.10. The Kier molecular flexibility index (Phi) is 6.15. The summed E-state index contributed by atoms with van der Waals surface area (Å²) in [7, 11) is -3.91. The molecule has 0 bridgehead atoms. The summed E-state index contributed by atoms with van der Waals surface area (Å²) >= 11 is 0. The Labute approximate surface area is 191 Å². The molecule has 4 rings (SSSR count). The van der Waals surface area contributed by atoms with Crippen molar-refractivity contribution < 1.29 is 22.4 Å². The molecule has 3 N–H and O–H groups in total. The molecule has 1 aliphatic carbocycles. The highest BCUT2D eigenvalue weighted by Crippen LogP contribution is 2.21. The summed E-state index contributed by atoms with van der Waals surface area (Å²) in [6.07, 6.45) is 1.97. The number of halogens is 1. The van der Waals surface area contributed by atoms with E-state index in [1.165, 1.54) is 43.3 Å². The average Bonchev–Trinajstić information content (AvgIpc) is 3.60. The third-order valence-electron chi connectivity index (χ3n) is 5.13. The van der Waals surface area contributed by atoms with Gasteiger partial charge in [0.2, 0.25) is 0 Å². The summed E-state index contributed by atoms with van der Waals surface area (Å²) in [6.45, 7) is 1.48. The maximum atomic E-state index is 13.4. The molecule has 0 aromatic heterocycles. The minimum Gasteiger partial charge on any atom is -0.349 e. The molecule has 7 nitrogen and oxygen atoms in total. The molecule has 9 heteroatoms. The number of nitrogens with one attached hydrogen (secondary N) is 3. The smallest absolute Gasteiger partial charge is 0.261 e. The van der Waals surface area contributed by atoms with E-state index >= 15 is 0 Å². The number of carbonyl (C=O) groups excluding carboxylic acids is 2. The molecule has 0 unspecified atom stereocenters. The van der Waals surface area contributed by atoms with Crippen molar-refractivity contribution in [3.8, 4) is 0 Å². The highest BCUT2D eigenvalue weighted by molar-refractivity contribution is 7.92. The van der Waals surface area contributed by atoms with Gasteiger partial charge in [0, 0.05) is 28.5 Å². The summed E-state index contributed by atoms with van der Waals surface area (Å²) in [5.74, 6) is -1.07. The fourth-order valence-electron chi connectivity index (χ4n) is 3.13. The van der Waals surface area contributed by atoms with Crippen molar-refractivity contribution in [3.63, 3.8) is 0 Å². The van der Waals surface area contributed by atoms with E-state index in [2.05, 4.69) is 15.4 Å².